The summed E-state index contributed by atoms with van der Waals surface area (Å²) in [6.07, 6.45) is 6.22. The summed E-state index contributed by atoms with van der Waals surface area (Å²) in [7, 11) is 2.10. The maximum Gasteiger partial charge on any atom is 0.227 e. The summed E-state index contributed by atoms with van der Waals surface area (Å²) in [5, 5.41) is 6.90. The highest BCUT2D eigenvalue weighted by atomic mass is 16.5. The second-order valence-corrected chi connectivity index (χ2v) is 6.67. The van der Waals surface area contributed by atoms with Crippen LogP contribution in [-0.2, 0) is 17.6 Å². The summed E-state index contributed by atoms with van der Waals surface area (Å²) >= 11 is 0. The standard InChI is InChI=1S/C20H21N5O2/c1-25-11-3-5-14-12-16(6-7-17(14)25)22-18(26)8-9-19-23-20(24-27-19)15-4-2-10-21-13-15/h2,4,6-7,10,12-13H,3,5,8-9,11H2,1H3,(H,22,26). The molecule has 3 heterocycles. The fraction of sp³-hybridized carbons (Fsp3) is 0.300. The molecule has 0 radical (unpaired) electrons. The normalized spacial score (nSPS) is 13.3. The van der Waals surface area contributed by atoms with Gasteiger partial charge in [0.15, 0.2) is 0 Å². The average Bonchev–Trinajstić information content (AvgIpc) is 3.16. The molecule has 7 nitrogen and oxygen atoms in total. The van der Waals surface area contributed by atoms with E-state index in [-0.39, 0.29) is 12.3 Å². The van der Waals surface area contributed by atoms with Crippen molar-refractivity contribution in [3.05, 3.63) is 54.2 Å². The zero-order valence-electron chi connectivity index (χ0n) is 15.2. The summed E-state index contributed by atoms with van der Waals surface area (Å²) in [5.74, 6) is 0.855. The van der Waals surface area contributed by atoms with Crippen LogP contribution < -0.4 is 10.2 Å². The topological polar surface area (TPSA) is 84.2 Å². The van der Waals surface area contributed by atoms with E-state index in [2.05, 4.69) is 44.5 Å². The summed E-state index contributed by atoms with van der Waals surface area (Å²) < 4.78 is 5.23. The molecule has 2 aromatic heterocycles. The molecule has 7 heteroatoms. The van der Waals surface area contributed by atoms with Gasteiger partial charge in [-0.2, -0.15) is 4.98 Å². The number of nitrogens with zero attached hydrogens (tertiary/aromatic N) is 4. The first-order valence-electron chi connectivity index (χ1n) is 9.06. The summed E-state index contributed by atoms with van der Waals surface area (Å²) in [4.78, 5) is 22.9. The Hall–Kier alpha value is -3.22. The van der Waals surface area contributed by atoms with Crippen LogP contribution in [0.4, 0.5) is 11.4 Å². The van der Waals surface area contributed by atoms with Crippen LogP contribution in [0.25, 0.3) is 11.4 Å². The molecule has 1 amide bonds. The van der Waals surface area contributed by atoms with E-state index in [4.69, 9.17) is 4.52 Å². The Morgan fingerprint density at radius 3 is 3.11 bits per heavy atom. The van der Waals surface area contributed by atoms with Crippen LogP contribution in [0.2, 0.25) is 0 Å². The molecule has 0 bridgehead atoms. The number of benzene rings is 1. The third kappa shape index (κ3) is 3.97. The molecular formula is C20H21N5O2. The van der Waals surface area contributed by atoms with Crippen molar-refractivity contribution < 1.29 is 9.32 Å². The summed E-state index contributed by atoms with van der Waals surface area (Å²) in [5.41, 5.74) is 4.14. The lowest BCUT2D eigenvalue weighted by Gasteiger charge is -2.27. The number of aryl methyl sites for hydroxylation is 2. The minimum Gasteiger partial charge on any atom is -0.374 e. The van der Waals surface area contributed by atoms with Crippen molar-refractivity contribution in [2.24, 2.45) is 0 Å². The van der Waals surface area contributed by atoms with Gasteiger partial charge in [-0.1, -0.05) is 5.16 Å². The van der Waals surface area contributed by atoms with Gasteiger partial charge >= 0.3 is 0 Å². The highest BCUT2D eigenvalue weighted by molar-refractivity contribution is 5.91. The second-order valence-electron chi connectivity index (χ2n) is 6.67. The van der Waals surface area contributed by atoms with E-state index >= 15 is 0 Å². The smallest absolute Gasteiger partial charge is 0.227 e. The molecular weight excluding hydrogens is 342 g/mol. The molecule has 1 N–H and O–H groups in total. The molecule has 138 valence electrons. The molecule has 1 aliphatic heterocycles. The van der Waals surface area contributed by atoms with E-state index in [9.17, 15) is 4.79 Å². The van der Waals surface area contributed by atoms with E-state index in [1.807, 2.05) is 18.2 Å². The molecule has 0 saturated carbocycles. The molecule has 1 aromatic carbocycles. The number of anilines is 2. The van der Waals surface area contributed by atoms with Crippen LogP contribution >= 0.6 is 0 Å². The quantitative estimate of drug-likeness (QED) is 0.750. The van der Waals surface area contributed by atoms with Crippen molar-refractivity contribution in [3.63, 3.8) is 0 Å². The zero-order valence-corrected chi connectivity index (χ0v) is 15.2. The molecule has 0 aliphatic carbocycles. The van der Waals surface area contributed by atoms with E-state index in [0.29, 0.717) is 18.1 Å². The number of pyridine rings is 1. The lowest BCUT2D eigenvalue weighted by atomic mass is 10.0. The number of aromatic nitrogens is 3. The number of amides is 1. The van der Waals surface area contributed by atoms with E-state index in [0.717, 1.165) is 30.6 Å². The minimum atomic E-state index is -0.0692. The first-order chi connectivity index (χ1) is 13.2. The number of carbonyl (C=O) groups is 1. The molecule has 0 unspecified atom stereocenters. The van der Waals surface area contributed by atoms with Crippen LogP contribution in [0.15, 0.2) is 47.2 Å². The maximum absolute atomic E-state index is 12.3. The zero-order chi connectivity index (χ0) is 18.6. The molecule has 1 aliphatic rings. The number of nitrogens with one attached hydrogen (secondary N) is 1. The Bertz CT molecular complexity index is 939. The molecule has 27 heavy (non-hydrogen) atoms. The lowest BCUT2D eigenvalue weighted by molar-refractivity contribution is -0.116. The van der Waals surface area contributed by atoms with Gasteiger partial charge in [0.25, 0.3) is 0 Å². The predicted molar refractivity (Wildman–Crippen MR) is 103 cm³/mol. The Kier molecular flexibility index (Phi) is 4.82. The monoisotopic (exact) mass is 363 g/mol. The maximum atomic E-state index is 12.3. The van der Waals surface area contributed by atoms with Crippen molar-refractivity contribution in [1.29, 1.82) is 0 Å². The van der Waals surface area contributed by atoms with Crippen LogP contribution in [0, 0.1) is 0 Å². The molecule has 0 saturated heterocycles. The van der Waals surface area contributed by atoms with Crippen LogP contribution in [0.3, 0.4) is 0 Å². The molecule has 0 atom stereocenters. The van der Waals surface area contributed by atoms with Crippen molar-refractivity contribution in [1.82, 2.24) is 15.1 Å². The van der Waals surface area contributed by atoms with Crippen LogP contribution in [0.1, 0.15) is 24.3 Å². The van der Waals surface area contributed by atoms with Crippen LogP contribution in [-0.4, -0.2) is 34.6 Å². The minimum absolute atomic E-state index is 0.0692. The number of hydrogen-bond donors (Lipinski definition) is 1. The predicted octanol–water partition coefficient (Wildman–Crippen LogP) is 3.09. The first kappa shape index (κ1) is 17.2. The van der Waals surface area contributed by atoms with Crippen molar-refractivity contribution in [2.45, 2.75) is 25.7 Å². The number of fused-ring (bicyclic) bond motifs is 1. The number of carbonyl (C=O) groups excluding carboxylic acids is 1. The largest absolute Gasteiger partial charge is 0.374 e. The van der Waals surface area contributed by atoms with Crippen molar-refractivity contribution in [3.8, 4) is 11.4 Å². The van der Waals surface area contributed by atoms with E-state index in [1.54, 1.807) is 12.4 Å². The average molecular weight is 363 g/mol. The van der Waals surface area contributed by atoms with Gasteiger partial charge in [-0.25, -0.2) is 0 Å². The van der Waals surface area contributed by atoms with Gasteiger partial charge in [-0.3, -0.25) is 9.78 Å². The fourth-order valence-electron chi connectivity index (χ4n) is 3.28. The van der Waals surface area contributed by atoms with Gasteiger partial charge in [0.1, 0.15) is 0 Å². The third-order valence-corrected chi connectivity index (χ3v) is 4.67. The molecule has 0 fully saturated rings. The van der Waals surface area contributed by atoms with Crippen molar-refractivity contribution >= 4 is 17.3 Å². The summed E-state index contributed by atoms with van der Waals surface area (Å²) in [6.45, 7) is 1.07. The van der Waals surface area contributed by atoms with Crippen LogP contribution in [0.5, 0.6) is 0 Å². The molecule has 4 rings (SSSR count). The molecule has 0 spiro atoms. The van der Waals surface area contributed by atoms with Gasteiger partial charge in [0, 0.05) is 55.8 Å². The fourth-order valence-corrected chi connectivity index (χ4v) is 3.28. The molecule has 3 aromatic rings. The number of rotatable bonds is 5. The number of hydrogen-bond acceptors (Lipinski definition) is 6. The second kappa shape index (κ2) is 7.57. The van der Waals surface area contributed by atoms with Gasteiger partial charge in [0.05, 0.1) is 0 Å². The van der Waals surface area contributed by atoms with Gasteiger partial charge in [-0.15, -0.1) is 0 Å². The lowest BCUT2D eigenvalue weighted by Crippen LogP contribution is -2.24. The van der Waals surface area contributed by atoms with Gasteiger partial charge in [0.2, 0.25) is 17.6 Å². The Balaban J connectivity index is 1.34. The highest BCUT2D eigenvalue weighted by Gasteiger charge is 2.15. The highest BCUT2D eigenvalue weighted by Crippen LogP contribution is 2.28. The van der Waals surface area contributed by atoms with Crippen molar-refractivity contribution in [2.75, 3.05) is 23.8 Å². The van der Waals surface area contributed by atoms with E-state index < -0.39 is 0 Å². The first-order valence-corrected chi connectivity index (χ1v) is 9.06. The SMILES string of the molecule is CN1CCCc2cc(NC(=O)CCc3nc(-c4cccnc4)no3)ccc21. The third-order valence-electron chi connectivity index (χ3n) is 4.67. The van der Waals surface area contributed by atoms with Gasteiger partial charge < -0.3 is 14.7 Å². The Labute approximate surface area is 157 Å². The van der Waals surface area contributed by atoms with E-state index in [1.165, 1.54) is 11.3 Å². The van der Waals surface area contributed by atoms with Gasteiger partial charge in [-0.05, 0) is 48.7 Å². The summed E-state index contributed by atoms with van der Waals surface area (Å²) in [6, 6.07) is 9.77. The Morgan fingerprint density at radius 1 is 1.33 bits per heavy atom. The Morgan fingerprint density at radius 2 is 2.26 bits per heavy atom.